The lowest BCUT2D eigenvalue weighted by molar-refractivity contribution is -0.137. The van der Waals surface area contributed by atoms with Crippen LogP contribution in [0.4, 0.5) is 13.2 Å². The van der Waals surface area contributed by atoms with E-state index >= 15 is 0 Å². The summed E-state index contributed by atoms with van der Waals surface area (Å²) in [5.74, 6) is 0. The molecule has 24 heavy (non-hydrogen) atoms. The van der Waals surface area contributed by atoms with Crippen LogP contribution in [0.2, 0.25) is 0 Å². The number of alkyl halides is 3. The van der Waals surface area contributed by atoms with Gasteiger partial charge < -0.3 is 10.1 Å². The number of hydrogen-bond donors (Lipinski definition) is 1. The van der Waals surface area contributed by atoms with Gasteiger partial charge in [0.1, 0.15) is 0 Å². The molecular formula is C19H22F3NO. The molecule has 0 saturated carbocycles. The molecule has 0 fully saturated rings. The average molecular weight is 337 g/mol. The first-order valence-electron chi connectivity index (χ1n) is 8.00. The Balaban J connectivity index is 1.61. The fraction of sp³-hybridized carbons (Fsp3) is 0.368. The molecule has 1 N–H and O–H groups in total. The van der Waals surface area contributed by atoms with Gasteiger partial charge in [0.2, 0.25) is 0 Å². The van der Waals surface area contributed by atoms with E-state index in [4.69, 9.17) is 4.74 Å². The standard InChI is InChI=1S/C19H22F3NO/c1-15(17-6-3-2-4-7-17)24-13-5-12-23-14-16-8-10-18(11-9-16)19(20,21)22/h2-4,6-11,15,23H,5,12-14H2,1H3. The van der Waals surface area contributed by atoms with Crippen LogP contribution in [0.25, 0.3) is 0 Å². The van der Waals surface area contributed by atoms with Gasteiger partial charge in [0.05, 0.1) is 11.7 Å². The zero-order valence-electron chi connectivity index (χ0n) is 13.6. The summed E-state index contributed by atoms with van der Waals surface area (Å²) in [6, 6.07) is 15.3. The highest BCUT2D eigenvalue weighted by atomic mass is 19.4. The molecule has 0 aliphatic rings. The lowest BCUT2D eigenvalue weighted by Crippen LogP contribution is -2.17. The Morgan fingerprint density at radius 1 is 1.00 bits per heavy atom. The molecular weight excluding hydrogens is 315 g/mol. The van der Waals surface area contributed by atoms with Gasteiger partial charge in [-0.1, -0.05) is 42.5 Å². The number of nitrogens with one attached hydrogen (secondary N) is 1. The molecule has 2 aromatic rings. The van der Waals surface area contributed by atoms with Gasteiger partial charge in [0, 0.05) is 13.2 Å². The van der Waals surface area contributed by atoms with Gasteiger partial charge in [-0.25, -0.2) is 0 Å². The Bertz CT molecular complexity index is 596. The van der Waals surface area contributed by atoms with Crippen LogP contribution in [0.1, 0.15) is 36.1 Å². The second kappa shape index (κ2) is 8.85. The molecule has 1 unspecified atom stereocenters. The van der Waals surface area contributed by atoms with Crippen molar-refractivity contribution < 1.29 is 17.9 Å². The summed E-state index contributed by atoms with van der Waals surface area (Å²) in [5.41, 5.74) is 1.37. The third-order valence-corrected chi connectivity index (χ3v) is 3.75. The highest BCUT2D eigenvalue weighted by Gasteiger charge is 2.29. The molecule has 2 aromatic carbocycles. The molecule has 0 aliphatic carbocycles. The predicted molar refractivity (Wildman–Crippen MR) is 88.6 cm³/mol. The number of benzene rings is 2. The van der Waals surface area contributed by atoms with Crippen molar-refractivity contribution in [1.29, 1.82) is 0 Å². The van der Waals surface area contributed by atoms with E-state index in [-0.39, 0.29) is 6.10 Å². The van der Waals surface area contributed by atoms with Crippen LogP contribution in [-0.4, -0.2) is 13.2 Å². The van der Waals surface area contributed by atoms with Crippen LogP contribution in [0.15, 0.2) is 54.6 Å². The first-order chi connectivity index (χ1) is 11.5. The van der Waals surface area contributed by atoms with Gasteiger partial charge in [-0.3, -0.25) is 0 Å². The summed E-state index contributed by atoms with van der Waals surface area (Å²) in [5, 5.41) is 3.21. The maximum absolute atomic E-state index is 12.5. The van der Waals surface area contributed by atoms with E-state index < -0.39 is 11.7 Å². The third-order valence-electron chi connectivity index (χ3n) is 3.75. The Labute approximate surface area is 140 Å². The van der Waals surface area contributed by atoms with Crippen molar-refractivity contribution in [3.8, 4) is 0 Å². The Kier molecular flexibility index (Phi) is 6.82. The van der Waals surface area contributed by atoms with Crippen molar-refractivity contribution in [3.63, 3.8) is 0 Å². The fourth-order valence-corrected chi connectivity index (χ4v) is 2.32. The smallest absolute Gasteiger partial charge is 0.374 e. The van der Waals surface area contributed by atoms with E-state index in [9.17, 15) is 13.2 Å². The quantitative estimate of drug-likeness (QED) is 0.687. The van der Waals surface area contributed by atoms with Crippen LogP contribution in [0, 0.1) is 0 Å². The maximum Gasteiger partial charge on any atom is 0.416 e. The molecule has 0 aromatic heterocycles. The molecule has 0 amide bonds. The number of halogens is 3. The van der Waals surface area contributed by atoms with Gasteiger partial charge in [-0.05, 0) is 43.1 Å². The minimum Gasteiger partial charge on any atom is -0.374 e. The van der Waals surface area contributed by atoms with E-state index in [1.165, 1.54) is 12.1 Å². The first-order valence-corrected chi connectivity index (χ1v) is 8.00. The molecule has 0 bridgehead atoms. The van der Waals surface area contributed by atoms with Gasteiger partial charge in [0.25, 0.3) is 0 Å². The molecule has 2 rings (SSSR count). The number of rotatable bonds is 8. The normalized spacial score (nSPS) is 13.0. The summed E-state index contributed by atoms with van der Waals surface area (Å²) in [7, 11) is 0. The van der Waals surface area contributed by atoms with Crippen molar-refractivity contribution in [2.24, 2.45) is 0 Å². The molecule has 0 heterocycles. The minimum absolute atomic E-state index is 0.0566. The zero-order valence-corrected chi connectivity index (χ0v) is 13.6. The molecule has 2 nitrogen and oxygen atoms in total. The predicted octanol–water partition coefficient (Wildman–Crippen LogP) is 4.96. The van der Waals surface area contributed by atoms with Crippen molar-refractivity contribution in [2.45, 2.75) is 32.2 Å². The molecule has 0 radical (unpaired) electrons. The summed E-state index contributed by atoms with van der Waals surface area (Å²) in [6.45, 7) is 3.95. The Morgan fingerprint density at radius 2 is 1.67 bits per heavy atom. The summed E-state index contributed by atoms with van der Waals surface area (Å²) < 4.78 is 43.2. The summed E-state index contributed by atoms with van der Waals surface area (Å²) >= 11 is 0. The van der Waals surface area contributed by atoms with Crippen molar-refractivity contribution in [1.82, 2.24) is 5.32 Å². The van der Waals surface area contributed by atoms with E-state index in [0.717, 1.165) is 36.2 Å². The topological polar surface area (TPSA) is 21.3 Å². The van der Waals surface area contributed by atoms with Gasteiger partial charge in [0.15, 0.2) is 0 Å². The van der Waals surface area contributed by atoms with E-state index in [2.05, 4.69) is 5.32 Å². The van der Waals surface area contributed by atoms with Crippen LogP contribution in [0.3, 0.4) is 0 Å². The zero-order chi connectivity index (χ0) is 17.4. The van der Waals surface area contributed by atoms with Crippen molar-refractivity contribution >= 4 is 0 Å². The summed E-state index contributed by atoms with van der Waals surface area (Å²) in [6.07, 6.45) is -3.38. The van der Waals surface area contributed by atoms with Crippen LogP contribution >= 0.6 is 0 Å². The Morgan fingerprint density at radius 3 is 2.29 bits per heavy atom. The van der Waals surface area contributed by atoms with Crippen LogP contribution in [-0.2, 0) is 17.5 Å². The largest absolute Gasteiger partial charge is 0.416 e. The molecule has 5 heteroatoms. The lowest BCUT2D eigenvalue weighted by atomic mass is 10.1. The van der Waals surface area contributed by atoms with E-state index in [1.54, 1.807) is 0 Å². The van der Waals surface area contributed by atoms with Crippen LogP contribution in [0.5, 0.6) is 0 Å². The maximum atomic E-state index is 12.5. The van der Waals surface area contributed by atoms with Crippen molar-refractivity contribution in [3.05, 3.63) is 71.3 Å². The Hall–Kier alpha value is -1.85. The molecule has 130 valence electrons. The van der Waals surface area contributed by atoms with E-state index in [1.807, 2.05) is 37.3 Å². The molecule has 0 aliphatic heterocycles. The van der Waals surface area contributed by atoms with Gasteiger partial charge >= 0.3 is 6.18 Å². The SMILES string of the molecule is CC(OCCCNCc1ccc(C(F)(F)F)cc1)c1ccccc1. The monoisotopic (exact) mass is 337 g/mol. The lowest BCUT2D eigenvalue weighted by Gasteiger charge is -2.13. The highest BCUT2D eigenvalue weighted by Crippen LogP contribution is 2.29. The molecule has 0 saturated heterocycles. The second-order valence-electron chi connectivity index (χ2n) is 5.65. The van der Waals surface area contributed by atoms with Crippen molar-refractivity contribution in [2.75, 3.05) is 13.2 Å². The first kappa shape index (κ1) is 18.5. The minimum atomic E-state index is -4.28. The summed E-state index contributed by atoms with van der Waals surface area (Å²) in [4.78, 5) is 0. The van der Waals surface area contributed by atoms with E-state index in [0.29, 0.717) is 13.2 Å². The second-order valence-corrected chi connectivity index (χ2v) is 5.65. The van der Waals surface area contributed by atoms with Gasteiger partial charge in [-0.2, -0.15) is 13.2 Å². The number of ether oxygens (including phenoxy) is 1. The third kappa shape index (κ3) is 5.98. The number of hydrogen-bond acceptors (Lipinski definition) is 2. The fourth-order valence-electron chi connectivity index (χ4n) is 2.32. The molecule has 0 spiro atoms. The van der Waals surface area contributed by atoms with Crippen LogP contribution < -0.4 is 5.32 Å². The molecule has 1 atom stereocenters. The average Bonchev–Trinajstić information content (AvgIpc) is 2.58. The highest BCUT2D eigenvalue weighted by molar-refractivity contribution is 5.24. The van der Waals surface area contributed by atoms with Gasteiger partial charge in [-0.15, -0.1) is 0 Å².